The van der Waals surface area contributed by atoms with Gasteiger partial charge in [-0.2, -0.15) is 5.10 Å². The van der Waals surface area contributed by atoms with E-state index in [4.69, 9.17) is 5.10 Å². The van der Waals surface area contributed by atoms with Crippen LogP contribution in [-0.2, 0) is 12.6 Å². The largest absolute Gasteiger partial charge is 0.305 e. The molecule has 1 N–H and O–H groups in total. The Bertz CT molecular complexity index is 702. The molecule has 7 nitrogen and oxygen atoms in total. The molecule has 2 heterocycles. The van der Waals surface area contributed by atoms with Gasteiger partial charge in [0.2, 0.25) is 0 Å². The zero-order valence-corrected chi connectivity index (χ0v) is 14.1. The highest BCUT2D eigenvalue weighted by atomic mass is 16.2. The third kappa shape index (κ3) is 3.13. The summed E-state index contributed by atoms with van der Waals surface area (Å²) in [5.74, 6) is 0.936. The van der Waals surface area contributed by atoms with Crippen molar-refractivity contribution in [3.63, 3.8) is 0 Å². The van der Waals surface area contributed by atoms with Gasteiger partial charge < -0.3 is 5.32 Å². The summed E-state index contributed by atoms with van der Waals surface area (Å²) in [5.41, 5.74) is 1.25. The number of carbonyl (C=O) groups is 1. The third-order valence-electron chi connectivity index (χ3n) is 4.14. The fourth-order valence-electron chi connectivity index (χ4n) is 2.90. The predicted octanol–water partition coefficient (Wildman–Crippen LogP) is 2.49. The van der Waals surface area contributed by atoms with Crippen molar-refractivity contribution in [1.82, 2.24) is 24.8 Å². The lowest BCUT2D eigenvalue weighted by atomic mass is 10.0. The van der Waals surface area contributed by atoms with Gasteiger partial charge in [0.25, 0.3) is 5.91 Å². The molecule has 0 saturated heterocycles. The van der Waals surface area contributed by atoms with E-state index in [9.17, 15) is 4.79 Å². The molecule has 23 heavy (non-hydrogen) atoms. The molecule has 2 aromatic rings. The lowest BCUT2D eigenvalue weighted by molar-refractivity contribution is 0.101. The molecule has 1 aliphatic rings. The minimum atomic E-state index is -0.229. The highest BCUT2D eigenvalue weighted by molar-refractivity contribution is 6.02. The first-order chi connectivity index (χ1) is 10.9. The number of amides is 1. The Morgan fingerprint density at radius 3 is 2.74 bits per heavy atom. The van der Waals surface area contributed by atoms with E-state index in [1.807, 2.05) is 10.7 Å². The number of aryl methyl sites for hydroxylation is 1. The van der Waals surface area contributed by atoms with Crippen LogP contribution in [0, 0.1) is 6.42 Å². The number of nitrogens with one attached hydrogen (secondary N) is 1. The number of anilines is 1. The van der Waals surface area contributed by atoms with Gasteiger partial charge in [0, 0.05) is 19.0 Å². The van der Waals surface area contributed by atoms with Crippen LogP contribution in [0.3, 0.4) is 0 Å². The van der Waals surface area contributed by atoms with Gasteiger partial charge in [-0.15, -0.1) is 5.10 Å². The van der Waals surface area contributed by atoms with Gasteiger partial charge in [0.1, 0.15) is 11.5 Å². The molecule has 3 rings (SSSR count). The van der Waals surface area contributed by atoms with E-state index in [1.54, 1.807) is 7.05 Å². The second kappa shape index (κ2) is 5.79. The summed E-state index contributed by atoms with van der Waals surface area (Å²) in [6.45, 7) is 6.23. The summed E-state index contributed by atoms with van der Waals surface area (Å²) >= 11 is 0. The van der Waals surface area contributed by atoms with Gasteiger partial charge in [0.05, 0.1) is 17.4 Å². The van der Waals surface area contributed by atoms with Gasteiger partial charge in [0.15, 0.2) is 0 Å². The number of carbonyl (C=O) groups excluding carboxylic acids is 1. The minimum Gasteiger partial charge on any atom is -0.305 e. The van der Waals surface area contributed by atoms with Gasteiger partial charge >= 0.3 is 0 Å². The van der Waals surface area contributed by atoms with Crippen molar-refractivity contribution in [2.45, 2.75) is 51.5 Å². The van der Waals surface area contributed by atoms with Crippen LogP contribution in [0.25, 0.3) is 0 Å². The molecule has 0 unspecified atom stereocenters. The van der Waals surface area contributed by atoms with E-state index >= 15 is 0 Å². The molecule has 1 saturated carbocycles. The standard InChI is InChI=1S/C16H23N6O/c1-16(2,3)22-14(9-12(19-22)11-7-5-6-8-11)18-15(23)13-10-17-20-21(13)4/h5,9-11H,6-8H2,1-4H3,(H,18,23)/t11-/m0/s1. The zero-order chi connectivity index (χ0) is 16.6. The van der Waals surface area contributed by atoms with E-state index in [0.717, 1.165) is 25.0 Å². The second-order valence-corrected chi connectivity index (χ2v) is 7.03. The minimum absolute atomic E-state index is 0.214. The Labute approximate surface area is 136 Å². The van der Waals surface area contributed by atoms with Crippen molar-refractivity contribution in [1.29, 1.82) is 0 Å². The van der Waals surface area contributed by atoms with Crippen LogP contribution in [0.4, 0.5) is 5.82 Å². The summed E-state index contributed by atoms with van der Waals surface area (Å²) in [6.07, 6.45) is 7.08. The van der Waals surface area contributed by atoms with Crippen LogP contribution < -0.4 is 5.32 Å². The molecule has 1 amide bonds. The molecule has 1 fully saturated rings. The maximum absolute atomic E-state index is 12.4. The predicted molar refractivity (Wildman–Crippen MR) is 87.1 cm³/mol. The average molecular weight is 315 g/mol. The maximum atomic E-state index is 12.4. The van der Waals surface area contributed by atoms with E-state index < -0.39 is 0 Å². The maximum Gasteiger partial charge on any atom is 0.276 e. The Morgan fingerprint density at radius 2 is 2.17 bits per heavy atom. The summed E-state index contributed by atoms with van der Waals surface area (Å²) in [5, 5.41) is 15.3. The first-order valence-corrected chi connectivity index (χ1v) is 7.94. The highest BCUT2D eigenvalue weighted by Gasteiger charge is 2.26. The Balaban J connectivity index is 1.90. The first kappa shape index (κ1) is 15.7. The summed E-state index contributed by atoms with van der Waals surface area (Å²) in [4.78, 5) is 12.4. The molecule has 1 atom stereocenters. The number of rotatable bonds is 3. The van der Waals surface area contributed by atoms with Crippen molar-refractivity contribution >= 4 is 11.7 Å². The molecular weight excluding hydrogens is 292 g/mol. The van der Waals surface area contributed by atoms with Crippen molar-refractivity contribution in [2.24, 2.45) is 7.05 Å². The van der Waals surface area contributed by atoms with Crippen LogP contribution in [0.2, 0.25) is 0 Å². The smallest absolute Gasteiger partial charge is 0.276 e. The molecule has 0 aliphatic heterocycles. The Kier molecular flexibility index (Phi) is 3.95. The molecule has 2 aromatic heterocycles. The Morgan fingerprint density at radius 1 is 1.39 bits per heavy atom. The molecule has 123 valence electrons. The first-order valence-electron chi connectivity index (χ1n) is 7.94. The Hall–Kier alpha value is -2.18. The van der Waals surface area contributed by atoms with Crippen LogP contribution in [0.15, 0.2) is 12.3 Å². The molecule has 1 aliphatic carbocycles. The molecule has 7 heteroatoms. The number of nitrogens with zero attached hydrogens (tertiary/aromatic N) is 5. The molecule has 0 bridgehead atoms. The van der Waals surface area contributed by atoms with E-state index in [2.05, 4.69) is 42.8 Å². The molecular formula is C16H23N6O. The quantitative estimate of drug-likeness (QED) is 0.944. The van der Waals surface area contributed by atoms with Crippen molar-refractivity contribution in [3.8, 4) is 0 Å². The fourth-order valence-corrected chi connectivity index (χ4v) is 2.90. The normalized spacial score (nSPS) is 16.0. The van der Waals surface area contributed by atoms with Crippen LogP contribution in [0.5, 0.6) is 0 Å². The highest BCUT2D eigenvalue weighted by Crippen LogP contribution is 2.35. The van der Waals surface area contributed by atoms with Gasteiger partial charge in [-0.25, -0.2) is 9.36 Å². The molecule has 0 aromatic carbocycles. The zero-order valence-electron chi connectivity index (χ0n) is 14.1. The average Bonchev–Trinajstić information content (AvgIpc) is 3.15. The molecule has 1 radical (unpaired) electrons. The van der Waals surface area contributed by atoms with Crippen LogP contribution >= 0.6 is 0 Å². The van der Waals surface area contributed by atoms with Gasteiger partial charge in [-0.1, -0.05) is 5.21 Å². The van der Waals surface area contributed by atoms with Gasteiger partial charge in [-0.3, -0.25) is 4.79 Å². The van der Waals surface area contributed by atoms with E-state index in [1.165, 1.54) is 10.9 Å². The lowest BCUT2D eigenvalue weighted by Gasteiger charge is -2.22. The summed E-state index contributed by atoms with van der Waals surface area (Å²) < 4.78 is 3.35. The van der Waals surface area contributed by atoms with Crippen LogP contribution in [-0.4, -0.2) is 30.7 Å². The molecule has 0 spiro atoms. The topological polar surface area (TPSA) is 77.6 Å². The van der Waals surface area contributed by atoms with E-state index in [0.29, 0.717) is 17.4 Å². The van der Waals surface area contributed by atoms with Crippen molar-refractivity contribution in [3.05, 3.63) is 30.1 Å². The number of aromatic nitrogens is 5. The number of hydrogen-bond donors (Lipinski definition) is 1. The fraction of sp³-hybridized carbons (Fsp3) is 0.562. The second-order valence-electron chi connectivity index (χ2n) is 7.03. The number of hydrogen-bond acceptors (Lipinski definition) is 4. The van der Waals surface area contributed by atoms with Crippen molar-refractivity contribution < 1.29 is 4.79 Å². The van der Waals surface area contributed by atoms with Gasteiger partial charge in [-0.05, 0) is 46.5 Å². The van der Waals surface area contributed by atoms with E-state index in [-0.39, 0.29) is 11.4 Å². The monoisotopic (exact) mass is 315 g/mol. The van der Waals surface area contributed by atoms with Crippen LogP contribution in [0.1, 0.15) is 62.1 Å². The third-order valence-corrected chi connectivity index (χ3v) is 4.14. The van der Waals surface area contributed by atoms with Crippen molar-refractivity contribution in [2.75, 3.05) is 5.32 Å². The summed E-state index contributed by atoms with van der Waals surface area (Å²) in [6, 6.07) is 2.00. The summed E-state index contributed by atoms with van der Waals surface area (Å²) in [7, 11) is 1.70. The lowest BCUT2D eigenvalue weighted by Crippen LogP contribution is -2.27. The SMILES string of the molecule is Cn1nncc1C(=O)Nc1cc([C@H]2C[CH]CC2)nn1C(C)(C)C.